The van der Waals surface area contributed by atoms with Gasteiger partial charge in [-0.3, -0.25) is 9.59 Å². The van der Waals surface area contributed by atoms with Gasteiger partial charge in [-0.1, -0.05) is 18.2 Å². The van der Waals surface area contributed by atoms with Crippen LogP contribution in [0.3, 0.4) is 0 Å². The lowest BCUT2D eigenvalue weighted by atomic mass is 10.1. The van der Waals surface area contributed by atoms with E-state index in [1.54, 1.807) is 11.0 Å². The quantitative estimate of drug-likeness (QED) is 0.818. The maximum atomic E-state index is 12.3. The molecule has 4 rings (SSSR count). The molecule has 2 amide bonds. The number of piperazine rings is 1. The molecule has 2 aromatic rings. The molecular weight excluding hydrogens is 330 g/mol. The maximum Gasteiger partial charge on any atom is 0.312 e. The highest BCUT2D eigenvalue weighted by atomic mass is 16.2. The van der Waals surface area contributed by atoms with Crippen LogP contribution >= 0.6 is 0 Å². The fraction of sp³-hybridized carbons (Fsp3) is 0.368. The first-order valence-electron chi connectivity index (χ1n) is 8.80. The minimum atomic E-state index is -0.498. The van der Waals surface area contributed by atoms with Gasteiger partial charge < -0.3 is 15.1 Å². The van der Waals surface area contributed by atoms with Crippen LogP contribution in [0.4, 0.5) is 5.69 Å². The van der Waals surface area contributed by atoms with E-state index in [1.807, 2.05) is 24.3 Å². The molecule has 1 saturated carbocycles. The summed E-state index contributed by atoms with van der Waals surface area (Å²) in [7, 11) is 0. The molecule has 1 aliphatic heterocycles. The molecule has 132 valence electrons. The number of nitriles is 1. The second kappa shape index (κ2) is 6.64. The van der Waals surface area contributed by atoms with Crippen molar-refractivity contribution in [2.45, 2.75) is 18.9 Å². The normalized spacial score (nSPS) is 17.0. The largest absolute Gasteiger partial charge is 0.367 e. The van der Waals surface area contributed by atoms with Gasteiger partial charge >= 0.3 is 11.8 Å². The van der Waals surface area contributed by atoms with Crippen molar-refractivity contribution < 1.29 is 9.59 Å². The number of para-hydroxylation sites is 1. The lowest BCUT2D eigenvalue weighted by Crippen LogP contribution is -2.53. The average Bonchev–Trinajstić information content (AvgIpc) is 3.50. The van der Waals surface area contributed by atoms with Gasteiger partial charge in [0.2, 0.25) is 0 Å². The standard InChI is InChI=1S/C19H19N5O2/c20-12-14-11-17(15-3-1-2-4-16(15)21-14)23-7-9-24(10-8-23)19(26)18(25)22-13-5-6-13/h1-4,11,13H,5-10H2,(H,22,25). The Bertz CT molecular complexity index is 908. The van der Waals surface area contributed by atoms with Gasteiger partial charge in [0.1, 0.15) is 11.8 Å². The molecule has 1 saturated heterocycles. The minimum absolute atomic E-state index is 0.181. The van der Waals surface area contributed by atoms with Crippen molar-refractivity contribution in [1.82, 2.24) is 15.2 Å². The summed E-state index contributed by atoms with van der Waals surface area (Å²) in [6, 6.07) is 11.8. The van der Waals surface area contributed by atoms with Crippen LogP contribution in [0.1, 0.15) is 18.5 Å². The first-order chi connectivity index (χ1) is 12.7. The number of amides is 2. The second-order valence-corrected chi connectivity index (χ2v) is 6.68. The predicted molar refractivity (Wildman–Crippen MR) is 96.4 cm³/mol. The molecule has 0 bridgehead atoms. The summed E-state index contributed by atoms with van der Waals surface area (Å²) in [5.41, 5.74) is 2.10. The highest BCUT2D eigenvalue weighted by Crippen LogP contribution is 2.27. The number of rotatable bonds is 2. The molecule has 1 N–H and O–H groups in total. The summed E-state index contributed by atoms with van der Waals surface area (Å²) in [5.74, 6) is -0.948. The number of benzene rings is 1. The van der Waals surface area contributed by atoms with E-state index in [9.17, 15) is 14.9 Å². The van der Waals surface area contributed by atoms with E-state index in [0.717, 1.165) is 29.4 Å². The number of anilines is 1. The first kappa shape index (κ1) is 16.3. The summed E-state index contributed by atoms with van der Waals surface area (Å²) in [5, 5.41) is 13.0. The van der Waals surface area contributed by atoms with Crippen LogP contribution in [0.5, 0.6) is 0 Å². The molecule has 1 aromatic carbocycles. The van der Waals surface area contributed by atoms with Crippen molar-refractivity contribution in [2.75, 3.05) is 31.1 Å². The summed E-state index contributed by atoms with van der Waals surface area (Å²) in [6.45, 7) is 2.19. The van der Waals surface area contributed by atoms with E-state index in [1.165, 1.54) is 0 Å². The Morgan fingerprint density at radius 3 is 2.58 bits per heavy atom. The van der Waals surface area contributed by atoms with Crippen molar-refractivity contribution in [3.8, 4) is 6.07 Å². The smallest absolute Gasteiger partial charge is 0.312 e. The zero-order valence-corrected chi connectivity index (χ0v) is 14.3. The molecule has 0 unspecified atom stereocenters. The van der Waals surface area contributed by atoms with Crippen LogP contribution in [-0.2, 0) is 9.59 Å². The Hall–Kier alpha value is -3.14. The van der Waals surface area contributed by atoms with Gasteiger partial charge in [0, 0.05) is 43.3 Å². The van der Waals surface area contributed by atoms with Gasteiger partial charge in [-0.25, -0.2) is 4.98 Å². The molecule has 0 radical (unpaired) electrons. The SMILES string of the molecule is N#Cc1cc(N2CCN(C(=O)C(=O)NC3CC3)CC2)c2ccccc2n1. The number of carbonyl (C=O) groups is 2. The molecule has 7 nitrogen and oxygen atoms in total. The lowest BCUT2D eigenvalue weighted by Gasteiger charge is -2.36. The number of hydrogen-bond donors (Lipinski definition) is 1. The highest BCUT2D eigenvalue weighted by molar-refractivity contribution is 6.35. The number of hydrogen-bond acceptors (Lipinski definition) is 5. The molecule has 2 aliphatic rings. The molecule has 2 fully saturated rings. The summed E-state index contributed by atoms with van der Waals surface area (Å²) in [6.07, 6.45) is 1.92. The van der Waals surface area contributed by atoms with Crippen molar-refractivity contribution >= 4 is 28.4 Å². The Morgan fingerprint density at radius 2 is 1.88 bits per heavy atom. The van der Waals surface area contributed by atoms with Crippen molar-refractivity contribution in [2.24, 2.45) is 0 Å². The fourth-order valence-electron chi connectivity index (χ4n) is 3.24. The average molecular weight is 349 g/mol. The summed E-state index contributed by atoms with van der Waals surface area (Å²) >= 11 is 0. The number of carbonyl (C=O) groups excluding carboxylic acids is 2. The summed E-state index contributed by atoms with van der Waals surface area (Å²) in [4.78, 5) is 32.3. The molecule has 1 aliphatic carbocycles. The zero-order chi connectivity index (χ0) is 18.1. The van der Waals surface area contributed by atoms with E-state index >= 15 is 0 Å². The number of pyridine rings is 1. The Morgan fingerprint density at radius 1 is 1.15 bits per heavy atom. The third kappa shape index (κ3) is 3.18. The second-order valence-electron chi connectivity index (χ2n) is 6.68. The van der Waals surface area contributed by atoms with Crippen molar-refractivity contribution in [3.63, 3.8) is 0 Å². The predicted octanol–water partition coefficient (Wildman–Crippen LogP) is 1.03. The van der Waals surface area contributed by atoms with Gasteiger partial charge in [0.25, 0.3) is 0 Å². The summed E-state index contributed by atoms with van der Waals surface area (Å²) < 4.78 is 0. The van der Waals surface area contributed by atoms with E-state index < -0.39 is 11.8 Å². The number of fused-ring (bicyclic) bond motifs is 1. The van der Waals surface area contributed by atoms with E-state index in [0.29, 0.717) is 31.9 Å². The Kier molecular flexibility index (Phi) is 4.17. The first-order valence-corrected chi connectivity index (χ1v) is 8.80. The van der Waals surface area contributed by atoms with Gasteiger partial charge in [-0.15, -0.1) is 0 Å². The van der Waals surface area contributed by atoms with E-state index in [2.05, 4.69) is 21.3 Å². The molecule has 0 atom stereocenters. The maximum absolute atomic E-state index is 12.3. The molecule has 2 heterocycles. The van der Waals surface area contributed by atoms with Crippen LogP contribution in [0.2, 0.25) is 0 Å². The van der Waals surface area contributed by atoms with Gasteiger partial charge in [-0.05, 0) is 25.0 Å². The van der Waals surface area contributed by atoms with E-state index in [-0.39, 0.29) is 6.04 Å². The van der Waals surface area contributed by atoms with Crippen LogP contribution in [0.25, 0.3) is 10.9 Å². The van der Waals surface area contributed by atoms with Crippen molar-refractivity contribution in [3.05, 3.63) is 36.0 Å². The third-order valence-corrected chi connectivity index (χ3v) is 4.82. The molecule has 7 heteroatoms. The van der Waals surface area contributed by atoms with Crippen LogP contribution in [0, 0.1) is 11.3 Å². The number of nitrogens with one attached hydrogen (secondary N) is 1. The van der Waals surface area contributed by atoms with Crippen molar-refractivity contribution in [1.29, 1.82) is 5.26 Å². The van der Waals surface area contributed by atoms with Crippen LogP contribution in [0.15, 0.2) is 30.3 Å². The van der Waals surface area contributed by atoms with Crippen LogP contribution < -0.4 is 10.2 Å². The van der Waals surface area contributed by atoms with Gasteiger partial charge in [-0.2, -0.15) is 5.26 Å². The molecular formula is C19H19N5O2. The number of aromatic nitrogens is 1. The lowest BCUT2D eigenvalue weighted by molar-refractivity contribution is -0.146. The van der Waals surface area contributed by atoms with E-state index in [4.69, 9.17) is 0 Å². The van der Waals surface area contributed by atoms with Gasteiger partial charge in [0.15, 0.2) is 0 Å². The zero-order valence-electron chi connectivity index (χ0n) is 14.3. The monoisotopic (exact) mass is 349 g/mol. The molecule has 26 heavy (non-hydrogen) atoms. The fourth-order valence-corrected chi connectivity index (χ4v) is 3.24. The third-order valence-electron chi connectivity index (χ3n) is 4.82. The van der Waals surface area contributed by atoms with Gasteiger partial charge in [0.05, 0.1) is 5.52 Å². The van der Waals surface area contributed by atoms with Crippen LogP contribution in [-0.4, -0.2) is 53.9 Å². The topological polar surface area (TPSA) is 89.3 Å². The molecule has 0 spiro atoms. The minimum Gasteiger partial charge on any atom is -0.367 e. The number of nitrogens with zero attached hydrogens (tertiary/aromatic N) is 4. The Labute approximate surface area is 151 Å². The Balaban J connectivity index is 1.49. The molecule has 1 aromatic heterocycles. The highest BCUT2D eigenvalue weighted by Gasteiger charge is 2.31.